The second kappa shape index (κ2) is 6.01. The molecule has 1 heterocycles. The Labute approximate surface area is 132 Å². The molecule has 22 heavy (non-hydrogen) atoms. The Morgan fingerprint density at radius 3 is 2.23 bits per heavy atom. The molecule has 2 aliphatic rings. The number of sulfonamides is 1. The fraction of sp³-hybridized carbons (Fsp3) is 0.562. The lowest BCUT2D eigenvalue weighted by Gasteiger charge is -2.26. The van der Waals surface area contributed by atoms with Crippen LogP contribution in [0.5, 0.6) is 0 Å². The minimum Gasteiger partial charge on any atom is -0.339 e. The van der Waals surface area contributed by atoms with E-state index in [2.05, 4.69) is 0 Å². The van der Waals surface area contributed by atoms with Crippen LogP contribution in [0.2, 0.25) is 0 Å². The van der Waals surface area contributed by atoms with E-state index in [1.807, 2.05) is 0 Å². The molecule has 0 unspecified atom stereocenters. The second-order valence-corrected chi connectivity index (χ2v) is 8.07. The average Bonchev–Trinajstić information content (AvgIpc) is 3.39. The highest BCUT2D eigenvalue weighted by atomic mass is 32.2. The van der Waals surface area contributed by atoms with Crippen molar-refractivity contribution < 1.29 is 13.2 Å². The molecule has 1 aliphatic carbocycles. The molecule has 1 saturated heterocycles. The summed E-state index contributed by atoms with van der Waals surface area (Å²) in [7, 11) is -1.62. The van der Waals surface area contributed by atoms with E-state index < -0.39 is 10.0 Å². The third-order valence-electron chi connectivity index (χ3n) is 4.47. The number of hydrogen-bond acceptors (Lipinski definition) is 3. The number of rotatable bonds is 4. The summed E-state index contributed by atoms with van der Waals surface area (Å²) >= 11 is 0. The van der Waals surface area contributed by atoms with Gasteiger partial charge in [-0.25, -0.2) is 8.42 Å². The SMILES string of the molecule is CN(C(=O)c1ccc(S(=O)(=O)N2CCCCC2)cc1)C1CC1. The van der Waals surface area contributed by atoms with Crippen molar-refractivity contribution in [3.05, 3.63) is 29.8 Å². The van der Waals surface area contributed by atoms with E-state index in [1.54, 1.807) is 40.5 Å². The van der Waals surface area contributed by atoms with E-state index in [0.29, 0.717) is 24.7 Å². The highest BCUT2D eigenvalue weighted by Crippen LogP contribution is 2.27. The minimum absolute atomic E-state index is 0.0376. The first-order chi connectivity index (χ1) is 10.5. The third kappa shape index (κ3) is 3.03. The number of carbonyl (C=O) groups is 1. The number of nitrogens with zero attached hydrogens (tertiary/aromatic N) is 2. The quantitative estimate of drug-likeness (QED) is 0.853. The van der Waals surface area contributed by atoms with Crippen LogP contribution in [0.3, 0.4) is 0 Å². The molecule has 1 aromatic carbocycles. The summed E-state index contributed by atoms with van der Waals surface area (Å²) in [6.07, 6.45) is 5.05. The van der Waals surface area contributed by atoms with Gasteiger partial charge in [0.25, 0.3) is 5.91 Å². The predicted octanol–water partition coefficient (Wildman–Crippen LogP) is 2.10. The second-order valence-electron chi connectivity index (χ2n) is 6.14. The maximum atomic E-state index is 12.6. The van der Waals surface area contributed by atoms with Gasteiger partial charge in [-0.2, -0.15) is 4.31 Å². The summed E-state index contributed by atoms with van der Waals surface area (Å²) in [5, 5.41) is 0. The molecule has 1 saturated carbocycles. The van der Waals surface area contributed by atoms with Crippen molar-refractivity contribution in [2.24, 2.45) is 0 Å². The fourth-order valence-corrected chi connectivity index (χ4v) is 4.37. The van der Waals surface area contributed by atoms with Crippen LogP contribution in [-0.2, 0) is 10.0 Å². The van der Waals surface area contributed by atoms with E-state index in [1.165, 1.54) is 0 Å². The van der Waals surface area contributed by atoms with Gasteiger partial charge in [0.05, 0.1) is 4.90 Å². The van der Waals surface area contributed by atoms with Crippen molar-refractivity contribution in [2.45, 2.75) is 43.0 Å². The van der Waals surface area contributed by atoms with Gasteiger partial charge in [0.2, 0.25) is 10.0 Å². The Morgan fingerprint density at radius 2 is 1.68 bits per heavy atom. The lowest BCUT2D eigenvalue weighted by atomic mass is 10.2. The summed E-state index contributed by atoms with van der Waals surface area (Å²) in [6.45, 7) is 1.18. The summed E-state index contributed by atoms with van der Waals surface area (Å²) in [5.41, 5.74) is 0.548. The zero-order valence-corrected chi connectivity index (χ0v) is 13.7. The zero-order valence-electron chi connectivity index (χ0n) is 12.9. The summed E-state index contributed by atoms with van der Waals surface area (Å²) < 4.78 is 26.6. The molecular weight excluding hydrogens is 300 g/mol. The van der Waals surface area contributed by atoms with Crippen LogP contribution < -0.4 is 0 Å². The molecule has 3 rings (SSSR count). The lowest BCUT2D eigenvalue weighted by molar-refractivity contribution is 0.0785. The van der Waals surface area contributed by atoms with Gasteiger partial charge in [0.1, 0.15) is 0 Å². The van der Waals surface area contributed by atoms with E-state index in [-0.39, 0.29) is 10.8 Å². The van der Waals surface area contributed by atoms with Gasteiger partial charge in [0.15, 0.2) is 0 Å². The van der Waals surface area contributed by atoms with Gasteiger partial charge in [-0.05, 0) is 49.9 Å². The van der Waals surface area contributed by atoms with Crippen LogP contribution in [0.4, 0.5) is 0 Å². The molecule has 0 atom stereocenters. The number of amides is 1. The summed E-state index contributed by atoms with van der Waals surface area (Å²) in [6, 6.07) is 6.70. The van der Waals surface area contributed by atoms with Gasteiger partial charge in [-0.3, -0.25) is 4.79 Å². The summed E-state index contributed by atoms with van der Waals surface area (Å²) in [4.78, 5) is 14.3. The molecule has 0 spiro atoms. The molecule has 0 bridgehead atoms. The Kier molecular flexibility index (Phi) is 4.23. The molecule has 0 radical (unpaired) electrons. The van der Waals surface area contributed by atoms with Crippen LogP contribution in [0.1, 0.15) is 42.5 Å². The Hall–Kier alpha value is -1.40. The van der Waals surface area contributed by atoms with Crippen LogP contribution >= 0.6 is 0 Å². The molecule has 1 aliphatic heterocycles. The minimum atomic E-state index is -3.42. The first-order valence-corrected chi connectivity index (χ1v) is 9.31. The van der Waals surface area contributed by atoms with Crippen LogP contribution in [0.15, 0.2) is 29.2 Å². The predicted molar refractivity (Wildman–Crippen MR) is 84.2 cm³/mol. The van der Waals surface area contributed by atoms with Crippen molar-refractivity contribution >= 4 is 15.9 Å². The fourth-order valence-electron chi connectivity index (χ4n) is 2.86. The number of hydrogen-bond donors (Lipinski definition) is 0. The van der Waals surface area contributed by atoms with E-state index in [4.69, 9.17) is 0 Å². The Bertz CT molecular complexity index is 644. The van der Waals surface area contributed by atoms with Crippen LogP contribution in [0, 0.1) is 0 Å². The maximum absolute atomic E-state index is 12.6. The van der Waals surface area contributed by atoms with E-state index in [0.717, 1.165) is 32.1 Å². The standard InChI is InChI=1S/C16H22N2O3S/c1-17(14-7-8-14)16(19)13-5-9-15(10-6-13)22(20,21)18-11-3-2-4-12-18/h5-6,9-10,14H,2-4,7-8,11-12H2,1H3. The molecule has 0 aromatic heterocycles. The molecule has 120 valence electrons. The molecule has 2 fully saturated rings. The number of benzene rings is 1. The zero-order chi connectivity index (χ0) is 15.7. The monoisotopic (exact) mass is 322 g/mol. The average molecular weight is 322 g/mol. The maximum Gasteiger partial charge on any atom is 0.253 e. The van der Waals surface area contributed by atoms with Gasteiger partial charge in [-0.15, -0.1) is 0 Å². The Balaban J connectivity index is 1.77. The Morgan fingerprint density at radius 1 is 1.09 bits per heavy atom. The molecule has 0 N–H and O–H groups in total. The van der Waals surface area contributed by atoms with E-state index in [9.17, 15) is 13.2 Å². The number of carbonyl (C=O) groups excluding carboxylic acids is 1. The lowest BCUT2D eigenvalue weighted by Crippen LogP contribution is -2.35. The largest absolute Gasteiger partial charge is 0.339 e. The molecular formula is C16H22N2O3S. The summed E-state index contributed by atoms with van der Waals surface area (Å²) in [5.74, 6) is -0.0376. The molecule has 1 aromatic rings. The van der Waals surface area contributed by atoms with Crippen LogP contribution in [-0.4, -0.2) is 49.7 Å². The normalized spacial score (nSPS) is 19.9. The van der Waals surface area contributed by atoms with Crippen molar-refractivity contribution in [1.29, 1.82) is 0 Å². The number of piperidine rings is 1. The van der Waals surface area contributed by atoms with Gasteiger partial charge >= 0.3 is 0 Å². The van der Waals surface area contributed by atoms with Crippen molar-refractivity contribution in [3.8, 4) is 0 Å². The van der Waals surface area contributed by atoms with E-state index >= 15 is 0 Å². The third-order valence-corrected chi connectivity index (χ3v) is 6.38. The first-order valence-electron chi connectivity index (χ1n) is 7.87. The molecule has 5 nitrogen and oxygen atoms in total. The van der Waals surface area contributed by atoms with Gasteiger partial charge < -0.3 is 4.90 Å². The van der Waals surface area contributed by atoms with Crippen molar-refractivity contribution in [3.63, 3.8) is 0 Å². The molecule has 6 heteroatoms. The highest BCUT2D eigenvalue weighted by Gasteiger charge is 2.30. The van der Waals surface area contributed by atoms with Crippen LogP contribution in [0.25, 0.3) is 0 Å². The van der Waals surface area contributed by atoms with Crippen molar-refractivity contribution in [2.75, 3.05) is 20.1 Å². The smallest absolute Gasteiger partial charge is 0.253 e. The van der Waals surface area contributed by atoms with Gasteiger partial charge in [-0.1, -0.05) is 6.42 Å². The topological polar surface area (TPSA) is 57.7 Å². The first kappa shape index (κ1) is 15.5. The van der Waals surface area contributed by atoms with Gasteiger partial charge in [0, 0.05) is 31.7 Å². The highest BCUT2D eigenvalue weighted by molar-refractivity contribution is 7.89. The molecule has 1 amide bonds. The van der Waals surface area contributed by atoms with Crippen molar-refractivity contribution in [1.82, 2.24) is 9.21 Å².